The molecule has 1 aliphatic rings. The van der Waals surface area contributed by atoms with Crippen molar-refractivity contribution in [2.45, 2.75) is 19.9 Å². The van der Waals surface area contributed by atoms with Gasteiger partial charge in [-0.2, -0.15) is 0 Å². The normalized spacial score (nSPS) is 20.0. The van der Waals surface area contributed by atoms with Crippen LogP contribution >= 0.6 is 28.3 Å². The molecule has 116 valence electrons. The molecule has 0 bridgehead atoms. The van der Waals surface area contributed by atoms with Crippen molar-refractivity contribution in [2.75, 3.05) is 6.61 Å². The van der Waals surface area contributed by atoms with Gasteiger partial charge >= 0.3 is 11.8 Å². The lowest BCUT2D eigenvalue weighted by molar-refractivity contribution is -0.386. The average molecular weight is 382 g/mol. The van der Waals surface area contributed by atoms with Crippen molar-refractivity contribution in [3.8, 4) is 5.75 Å². The van der Waals surface area contributed by atoms with Gasteiger partial charge < -0.3 is 15.2 Å². The third-order valence-corrected chi connectivity index (χ3v) is 3.67. The number of rotatable bonds is 2. The van der Waals surface area contributed by atoms with E-state index in [1.807, 2.05) is 13.8 Å². The summed E-state index contributed by atoms with van der Waals surface area (Å²) in [5.41, 5.74) is -0.640. The van der Waals surface area contributed by atoms with Crippen LogP contribution in [0.5, 0.6) is 5.75 Å². The summed E-state index contributed by atoms with van der Waals surface area (Å²) in [7, 11) is 0. The van der Waals surface area contributed by atoms with E-state index in [-0.39, 0.29) is 24.6 Å². The van der Waals surface area contributed by atoms with E-state index in [1.165, 1.54) is 6.07 Å². The van der Waals surface area contributed by atoms with E-state index >= 15 is 0 Å². The monoisotopic (exact) mass is 380 g/mol. The van der Waals surface area contributed by atoms with Crippen molar-refractivity contribution < 1.29 is 19.6 Å². The number of ether oxygens (including phenoxy) is 1. The van der Waals surface area contributed by atoms with Gasteiger partial charge in [-0.1, -0.05) is 29.8 Å². The van der Waals surface area contributed by atoms with E-state index in [9.17, 15) is 20.0 Å². The number of amides is 1. The summed E-state index contributed by atoms with van der Waals surface area (Å²) in [6, 6.07) is 2.19. The molecule has 0 unspecified atom stereocenters. The number of cyclic esters (lactones) is 1. The van der Waals surface area contributed by atoms with Gasteiger partial charge in [-0.3, -0.25) is 10.1 Å². The zero-order chi connectivity index (χ0) is 15.1. The first kappa shape index (κ1) is 17.5. The Bertz CT molecular complexity index is 593. The van der Waals surface area contributed by atoms with Crippen molar-refractivity contribution in [1.82, 2.24) is 5.32 Å². The molecule has 1 aromatic carbocycles. The van der Waals surface area contributed by atoms with Gasteiger partial charge in [0.15, 0.2) is 5.75 Å². The highest BCUT2D eigenvalue weighted by Gasteiger charge is 2.40. The average Bonchev–Trinajstić information content (AvgIpc) is 2.34. The molecule has 1 fully saturated rings. The van der Waals surface area contributed by atoms with Crippen LogP contribution in [0.15, 0.2) is 16.6 Å². The van der Waals surface area contributed by atoms with Crippen LogP contribution in [0, 0.1) is 15.5 Å². The van der Waals surface area contributed by atoms with Crippen LogP contribution in [0.1, 0.15) is 25.5 Å². The van der Waals surface area contributed by atoms with Crippen LogP contribution < -0.4 is 5.32 Å². The SMILES string of the molecule is CC1(C)COC(=O)N[C@H]1c1cc(Br)cc([N+](=O)[O-])c1O.Cl. The standard InChI is InChI=1S/C12H13BrN2O5.ClH/c1-12(2)5-20-11(17)14-10(12)7-3-6(13)4-8(9(7)16)15(18)19;/h3-4,10,16H,5H2,1-2H3,(H,14,17);1H/t10-;/m0./s1. The predicted molar refractivity (Wildman–Crippen MR) is 80.7 cm³/mol. The Balaban J connectivity index is 0.00000220. The molecule has 1 aromatic rings. The number of nitrogens with one attached hydrogen (secondary N) is 1. The van der Waals surface area contributed by atoms with Crippen LogP contribution in [-0.2, 0) is 4.74 Å². The minimum absolute atomic E-state index is 0. The van der Waals surface area contributed by atoms with Crippen LogP contribution in [-0.4, -0.2) is 22.7 Å². The molecule has 0 aromatic heterocycles. The zero-order valence-electron chi connectivity index (χ0n) is 11.3. The third kappa shape index (κ3) is 3.38. The van der Waals surface area contributed by atoms with Gasteiger partial charge in [0, 0.05) is 21.5 Å². The van der Waals surface area contributed by atoms with E-state index < -0.39 is 33.9 Å². The molecule has 1 amide bonds. The van der Waals surface area contributed by atoms with Gasteiger partial charge in [0.2, 0.25) is 0 Å². The van der Waals surface area contributed by atoms with Gasteiger partial charge in [0.1, 0.15) is 6.61 Å². The first-order valence-corrected chi connectivity index (χ1v) is 6.62. The molecule has 0 radical (unpaired) electrons. The lowest BCUT2D eigenvalue weighted by atomic mass is 9.80. The van der Waals surface area contributed by atoms with Crippen LogP contribution in [0.4, 0.5) is 10.5 Å². The van der Waals surface area contributed by atoms with Crippen LogP contribution in [0.3, 0.4) is 0 Å². The van der Waals surface area contributed by atoms with E-state index in [0.717, 1.165) is 0 Å². The van der Waals surface area contributed by atoms with Crippen molar-refractivity contribution >= 4 is 40.1 Å². The molecule has 21 heavy (non-hydrogen) atoms. The van der Waals surface area contributed by atoms with Gasteiger partial charge in [0.05, 0.1) is 11.0 Å². The number of hydrogen-bond donors (Lipinski definition) is 2. The number of benzene rings is 1. The summed E-state index contributed by atoms with van der Waals surface area (Å²) >= 11 is 3.18. The Kier molecular flexibility index (Phi) is 5.06. The molecule has 1 heterocycles. The number of alkyl carbamates (subject to hydrolysis) is 1. The second-order valence-electron chi connectivity index (χ2n) is 5.26. The van der Waals surface area contributed by atoms with Crippen molar-refractivity contribution in [2.24, 2.45) is 5.41 Å². The van der Waals surface area contributed by atoms with Crippen LogP contribution in [0.25, 0.3) is 0 Å². The Morgan fingerprint density at radius 1 is 1.52 bits per heavy atom. The number of nitrogens with zero attached hydrogens (tertiary/aromatic N) is 1. The summed E-state index contributed by atoms with van der Waals surface area (Å²) in [5.74, 6) is -0.446. The predicted octanol–water partition coefficient (Wildman–Crippen LogP) is 3.29. The maximum Gasteiger partial charge on any atom is 0.407 e. The fourth-order valence-electron chi connectivity index (χ4n) is 2.15. The molecular formula is C12H14BrClN2O5. The lowest BCUT2D eigenvalue weighted by Gasteiger charge is -2.38. The molecule has 2 N–H and O–H groups in total. The maximum atomic E-state index is 11.4. The summed E-state index contributed by atoms with van der Waals surface area (Å²) in [6.45, 7) is 3.83. The molecule has 0 aliphatic carbocycles. The summed E-state index contributed by atoms with van der Waals surface area (Å²) in [6.07, 6.45) is -0.614. The molecular weight excluding hydrogens is 367 g/mol. The second kappa shape index (κ2) is 6.07. The van der Waals surface area contributed by atoms with Gasteiger partial charge in [-0.25, -0.2) is 4.79 Å². The molecule has 0 spiro atoms. The lowest BCUT2D eigenvalue weighted by Crippen LogP contribution is -2.46. The molecule has 1 atom stereocenters. The number of carbonyl (C=O) groups excluding carboxylic acids is 1. The third-order valence-electron chi connectivity index (χ3n) is 3.21. The van der Waals surface area contributed by atoms with Crippen molar-refractivity contribution in [1.29, 1.82) is 0 Å². The smallest absolute Gasteiger partial charge is 0.407 e. The number of phenols is 1. The molecule has 1 saturated heterocycles. The molecule has 1 aliphatic heterocycles. The number of phenolic OH excluding ortho intramolecular Hbond substituents is 1. The van der Waals surface area contributed by atoms with E-state index in [4.69, 9.17) is 4.74 Å². The highest BCUT2D eigenvalue weighted by Crippen LogP contribution is 2.44. The number of nitro benzene ring substituents is 1. The number of nitro groups is 1. The number of carbonyl (C=O) groups is 1. The molecule has 7 nitrogen and oxygen atoms in total. The second-order valence-corrected chi connectivity index (χ2v) is 6.18. The Morgan fingerprint density at radius 3 is 2.71 bits per heavy atom. The van der Waals surface area contributed by atoms with Gasteiger partial charge in [-0.05, 0) is 6.07 Å². The summed E-state index contributed by atoms with van der Waals surface area (Å²) in [5, 5.41) is 23.6. The first-order valence-electron chi connectivity index (χ1n) is 5.82. The number of hydrogen-bond acceptors (Lipinski definition) is 5. The van der Waals surface area contributed by atoms with Crippen LogP contribution in [0.2, 0.25) is 0 Å². The first-order chi connectivity index (χ1) is 9.22. The Morgan fingerprint density at radius 2 is 2.14 bits per heavy atom. The Hall–Kier alpha value is -1.54. The molecule has 2 rings (SSSR count). The fourth-order valence-corrected chi connectivity index (χ4v) is 2.62. The van der Waals surface area contributed by atoms with Gasteiger partial charge in [0.25, 0.3) is 0 Å². The van der Waals surface area contributed by atoms with E-state index in [2.05, 4.69) is 21.2 Å². The van der Waals surface area contributed by atoms with E-state index in [0.29, 0.717) is 4.47 Å². The zero-order valence-corrected chi connectivity index (χ0v) is 13.7. The summed E-state index contributed by atoms with van der Waals surface area (Å²) < 4.78 is 5.37. The largest absolute Gasteiger partial charge is 0.502 e. The van der Waals surface area contributed by atoms with Crippen molar-refractivity contribution in [3.63, 3.8) is 0 Å². The minimum Gasteiger partial charge on any atom is -0.502 e. The highest BCUT2D eigenvalue weighted by atomic mass is 79.9. The Labute approximate surface area is 135 Å². The van der Waals surface area contributed by atoms with Gasteiger partial charge in [-0.15, -0.1) is 12.4 Å². The minimum atomic E-state index is -0.669. The molecule has 0 saturated carbocycles. The summed E-state index contributed by atoms with van der Waals surface area (Å²) in [4.78, 5) is 21.7. The fraction of sp³-hybridized carbons (Fsp3) is 0.417. The number of halogens is 2. The molecule has 9 heteroatoms. The maximum absolute atomic E-state index is 11.4. The van der Waals surface area contributed by atoms with Crippen molar-refractivity contribution in [3.05, 3.63) is 32.3 Å². The highest BCUT2D eigenvalue weighted by molar-refractivity contribution is 9.10. The quantitative estimate of drug-likeness (QED) is 0.604. The van der Waals surface area contributed by atoms with E-state index in [1.54, 1.807) is 6.07 Å². The number of aromatic hydroxyl groups is 1. The topological polar surface area (TPSA) is 102 Å².